The summed E-state index contributed by atoms with van der Waals surface area (Å²) in [6.45, 7) is 0. The molecule has 0 spiro atoms. The van der Waals surface area contributed by atoms with Crippen LogP contribution in [0.1, 0.15) is 87.2 Å². The van der Waals surface area contributed by atoms with Gasteiger partial charge in [0.05, 0.1) is 0 Å². The van der Waals surface area contributed by atoms with Gasteiger partial charge in [-0.3, -0.25) is 0 Å². The normalized spacial score (nSPS) is 18.0. The lowest BCUT2D eigenvalue weighted by Crippen LogP contribution is -2.09. The van der Waals surface area contributed by atoms with Crippen molar-refractivity contribution in [2.75, 3.05) is 11.5 Å². The molecule has 4 N–H and O–H groups in total. The predicted molar refractivity (Wildman–Crippen MR) is 147 cm³/mol. The van der Waals surface area contributed by atoms with Crippen molar-refractivity contribution < 1.29 is 0 Å². The zero-order chi connectivity index (χ0) is 23.1. The summed E-state index contributed by atoms with van der Waals surface area (Å²) in [5.41, 5.74) is 20.9. The van der Waals surface area contributed by atoms with E-state index in [1.165, 1.54) is 75.3 Å². The van der Waals surface area contributed by atoms with Gasteiger partial charge < -0.3 is 11.5 Å². The van der Waals surface area contributed by atoms with Crippen molar-refractivity contribution in [2.24, 2.45) is 0 Å². The van der Waals surface area contributed by atoms with Gasteiger partial charge in [0, 0.05) is 32.9 Å². The van der Waals surface area contributed by atoms with Crippen molar-refractivity contribution in [1.82, 2.24) is 0 Å². The number of benzene rings is 4. The second kappa shape index (κ2) is 8.98. The Morgan fingerprint density at radius 2 is 1.06 bits per heavy atom. The van der Waals surface area contributed by atoms with Crippen LogP contribution in [0.15, 0.2) is 60.7 Å². The summed E-state index contributed by atoms with van der Waals surface area (Å²) in [5, 5.41) is 4.27. The molecule has 6 rings (SSSR count). The molecular formula is C32H36N2. The van der Waals surface area contributed by atoms with Crippen LogP contribution in [0.3, 0.4) is 0 Å². The average Bonchev–Trinajstić information content (AvgIpc) is 2.92. The first kappa shape index (κ1) is 21.5. The quantitative estimate of drug-likeness (QED) is 0.187. The SMILES string of the molecule is Nc1c2ccccc2c(N)c2c(-c3cc(C4CCCCC4)cc(C4CCCCC4)c3)cccc12. The Bertz CT molecular complexity index is 1300. The lowest BCUT2D eigenvalue weighted by Gasteiger charge is -2.27. The van der Waals surface area contributed by atoms with Crippen molar-refractivity contribution in [3.05, 3.63) is 71.8 Å². The van der Waals surface area contributed by atoms with Gasteiger partial charge in [-0.25, -0.2) is 0 Å². The highest BCUT2D eigenvalue weighted by atomic mass is 14.6. The molecule has 2 saturated carbocycles. The van der Waals surface area contributed by atoms with E-state index in [-0.39, 0.29) is 0 Å². The number of hydrogen-bond acceptors (Lipinski definition) is 2. The lowest BCUT2D eigenvalue weighted by molar-refractivity contribution is 0.435. The fourth-order valence-corrected chi connectivity index (χ4v) is 6.72. The van der Waals surface area contributed by atoms with E-state index in [0.717, 1.165) is 32.9 Å². The standard InChI is InChI=1S/C32H36N2/c33-31-27-14-7-8-15-28(27)32(34)30-26(16-9-17-29(30)31)25-19-23(21-10-3-1-4-11-21)18-24(20-25)22-12-5-2-6-13-22/h7-9,14-22H,1-6,10-13,33-34H2. The topological polar surface area (TPSA) is 52.0 Å². The first-order valence-electron chi connectivity index (χ1n) is 13.3. The van der Waals surface area contributed by atoms with E-state index in [4.69, 9.17) is 11.5 Å². The lowest BCUT2D eigenvalue weighted by atomic mass is 9.78. The Morgan fingerprint density at radius 3 is 1.65 bits per heavy atom. The van der Waals surface area contributed by atoms with Crippen LogP contribution in [-0.4, -0.2) is 0 Å². The van der Waals surface area contributed by atoms with Gasteiger partial charge in [-0.05, 0) is 59.8 Å². The predicted octanol–water partition coefficient (Wildman–Crippen LogP) is 8.92. The number of nitrogen functional groups attached to an aromatic ring is 2. The average molecular weight is 449 g/mol. The van der Waals surface area contributed by atoms with Gasteiger partial charge in [-0.2, -0.15) is 0 Å². The summed E-state index contributed by atoms with van der Waals surface area (Å²) in [6.07, 6.45) is 13.5. The molecule has 174 valence electrons. The van der Waals surface area contributed by atoms with Crippen LogP contribution in [0, 0.1) is 0 Å². The molecule has 0 radical (unpaired) electrons. The van der Waals surface area contributed by atoms with Gasteiger partial charge in [0.2, 0.25) is 0 Å². The molecule has 0 unspecified atom stereocenters. The number of fused-ring (bicyclic) bond motifs is 2. The van der Waals surface area contributed by atoms with E-state index in [0.29, 0.717) is 11.8 Å². The Morgan fingerprint density at radius 1 is 0.529 bits per heavy atom. The van der Waals surface area contributed by atoms with Gasteiger partial charge in [0.1, 0.15) is 0 Å². The van der Waals surface area contributed by atoms with E-state index in [1.54, 1.807) is 11.1 Å². The maximum atomic E-state index is 6.87. The van der Waals surface area contributed by atoms with Crippen LogP contribution in [0.25, 0.3) is 32.7 Å². The fourth-order valence-electron chi connectivity index (χ4n) is 6.72. The van der Waals surface area contributed by atoms with Crippen LogP contribution in [-0.2, 0) is 0 Å². The molecule has 0 aliphatic heterocycles. The first-order valence-corrected chi connectivity index (χ1v) is 13.3. The molecule has 0 aromatic heterocycles. The van der Waals surface area contributed by atoms with Crippen molar-refractivity contribution >= 4 is 32.9 Å². The summed E-state index contributed by atoms with van der Waals surface area (Å²) in [7, 11) is 0. The molecular weight excluding hydrogens is 412 g/mol. The third-order valence-corrected chi connectivity index (χ3v) is 8.57. The first-order chi connectivity index (χ1) is 16.7. The molecule has 2 aliphatic rings. The Balaban J connectivity index is 1.58. The molecule has 0 atom stereocenters. The minimum absolute atomic E-state index is 0.689. The molecule has 0 saturated heterocycles. The summed E-state index contributed by atoms with van der Waals surface area (Å²) in [6, 6.07) is 22.3. The van der Waals surface area contributed by atoms with Crippen molar-refractivity contribution in [3.8, 4) is 11.1 Å². The molecule has 0 amide bonds. The Hall–Kier alpha value is -3.00. The molecule has 0 heterocycles. The molecule has 2 fully saturated rings. The third kappa shape index (κ3) is 3.74. The number of rotatable bonds is 3. The highest BCUT2D eigenvalue weighted by molar-refractivity contribution is 6.22. The highest BCUT2D eigenvalue weighted by Gasteiger charge is 2.22. The zero-order valence-corrected chi connectivity index (χ0v) is 20.2. The molecule has 4 aromatic carbocycles. The highest BCUT2D eigenvalue weighted by Crippen LogP contribution is 2.44. The molecule has 34 heavy (non-hydrogen) atoms. The van der Waals surface area contributed by atoms with Gasteiger partial charge in [-0.1, -0.05) is 99.2 Å². The minimum Gasteiger partial charge on any atom is -0.398 e. The summed E-state index contributed by atoms with van der Waals surface area (Å²) in [5.74, 6) is 1.38. The Kier molecular flexibility index (Phi) is 5.69. The zero-order valence-electron chi connectivity index (χ0n) is 20.2. The summed E-state index contributed by atoms with van der Waals surface area (Å²) < 4.78 is 0. The Labute approximate surface area is 203 Å². The maximum Gasteiger partial charge on any atom is 0.0481 e. The molecule has 4 aromatic rings. The van der Waals surface area contributed by atoms with Crippen LogP contribution >= 0.6 is 0 Å². The van der Waals surface area contributed by atoms with Gasteiger partial charge in [0.15, 0.2) is 0 Å². The van der Waals surface area contributed by atoms with Gasteiger partial charge in [-0.15, -0.1) is 0 Å². The van der Waals surface area contributed by atoms with Gasteiger partial charge in [0.25, 0.3) is 0 Å². The van der Waals surface area contributed by atoms with E-state index >= 15 is 0 Å². The van der Waals surface area contributed by atoms with Crippen molar-refractivity contribution in [1.29, 1.82) is 0 Å². The van der Waals surface area contributed by atoms with Gasteiger partial charge >= 0.3 is 0 Å². The van der Waals surface area contributed by atoms with E-state index in [2.05, 4.69) is 54.6 Å². The number of nitrogens with two attached hydrogens (primary N) is 2. The second-order valence-electron chi connectivity index (χ2n) is 10.7. The molecule has 0 bridgehead atoms. The molecule has 2 heteroatoms. The fraction of sp³-hybridized carbons (Fsp3) is 0.375. The second-order valence-corrected chi connectivity index (χ2v) is 10.7. The summed E-state index contributed by atoms with van der Waals surface area (Å²) in [4.78, 5) is 0. The number of hydrogen-bond donors (Lipinski definition) is 2. The van der Waals surface area contributed by atoms with E-state index in [1.807, 2.05) is 6.07 Å². The van der Waals surface area contributed by atoms with Crippen LogP contribution in [0.5, 0.6) is 0 Å². The minimum atomic E-state index is 0.689. The molecule has 2 nitrogen and oxygen atoms in total. The largest absolute Gasteiger partial charge is 0.398 e. The van der Waals surface area contributed by atoms with E-state index < -0.39 is 0 Å². The van der Waals surface area contributed by atoms with Crippen LogP contribution in [0.2, 0.25) is 0 Å². The smallest absolute Gasteiger partial charge is 0.0481 e. The van der Waals surface area contributed by atoms with Crippen LogP contribution in [0.4, 0.5) is 11.4 Å². The van der Waals surface area contributed by atoms with Crippen molar-refractivity contribution in [2.45, 2.75) is 76.0 Å². The monoisotopic (exact) mass is 448 g/mol. The third-order valence-electron chi connectivity index (χ3n) is 8.57. The van der Waals surface area contributed by atoms with Crippen molar-refractivity contribution in [3.63, 3.8) is 0 Å². The number of anilines is 2. The molecule has 2 aliphatic carbocycles. The maximum absolute atomic E-state index is 6.87. The van der Waals surface area contributed by atoms with Crippen LogP contribution < -0.4 is 11.5 Å². The van der Waals surface area contributed by atoms with E-state index in [9.17, 15) is 0 Å². The summed E-state index contributed by atoms with van der Waals surface area (Å²) >= 11 is 0.